The Kier molecular flexibility index (Phi) is 4.39. The van der Waals surface area contributed by atoms with Crippen LogP contribution in [0.25, 0.3) is 0 Å². The third kappa shape index (κ3) is 3.17. The first-order chi connectivity index (χ1) is 9.61. The maximum atomic E-state index is 6.04. The molecule has 1 atom stereocenters. The Labute approximate surface area is 118 Å². The van der Waals surface area contributed by atoms with E-state index in [4.69, 9.17) is 10.5 Å². The van der Waals surface area contributed by atoms with Crippen molar-refractivity contribution in [2.24, 2.45) is 0 Å². The number of aromatic amines is 1. The molecule has 0 aliphatic rings. The number of aromatic nitrogens is 4. The Morgan fingerprint density at radius 1 is 1.35 bits per heavy atom. The Bertz CT molecular complexity index is 540. The first kappa shape index (κ1) is 14.1. The van der Waals surface area contributed by atoms with E-state index in [1.165, 1.54) is 6.33 Å². The Morgan fingerprint density at radius 2 is 2.15 bits per heavy atom. The fourth-order valence-electron chi connectivity index (χ4n) is 1.81. The summed E-state index contributed by atoms with van der Waals surface area (Å²) in [5, 5.41) is 3.26. The highest BCUT2D eigenvalue weighted by atomic mass is 16.5. The van der Waals surface area contributed by atoms with Gasteiger partial charge in [0.1, 0.15) is 17.8 Å². The van der Waals surface area contributed by atoms with E-state index in [1.54, 1.807) is 12.4 Å². The summed E-state index contributed by atoms with van der Waals surface area (Å²) in [4.78, 5) is 15.6. The molecule has 7 nitrogen and oxygen atoms in total. The molecule has 0 saturated carbocycles. The summed E-state index contributed by atoms with van der Waals surface area (Å²) >= 11 is 0. The van der Waals surface area contributed by atoms with Crippen molar-refractivity contribution in [1.29, 1.82) is 0 Å². The lowest BCUT2D eigenvalue weighted by atomic mass is 10.2. The second kappa shape index (κ2) is 6.23. The molecule has 1 unspecified atom stereocenters. The molecular weight excluding hydrogens is 256 g/mol. The standard InChI is InChI=1S/C13H20N6O/c1-4-9(11-15-5-6-16-11)19-12-10(14)13(18-7-17-12)20-8(2)3/h5-9H,4,14H2,1-3H3,(H,15,16)(H,17,18,19). The summed E-state index contributed by atoms with van der Waals surface area (Å²) in [7, 11) is 0. The van der Waals surface area contributed by atoms with E-state index in [9.17, 15) is 0 Å². The third-order valence-electron chi connectivity index (χ3n) is 2.76. The highest BCUT2D eigenvalue weighted by Crippen LogP contribution is 2.28. The second-order valence-corrected chi connectivity index (χ2v) is 4.69. The molecule has 20 heavy (non-hydrogen) atoms. The molecule has 0 spiro atoms. The van der Waals surface area contributed by atoms with Crippen LogP contribution in [-0.4, -0.2) is 26.0 Å². The molecule has 0 aliphatic carbocycles. The monoisotopic (exact) mass is 276 g/mol. The number of ether oxygens (including phenoxy) is 1. The summed E-state index contributed by atoms with van der Waals surface area (Å²) in [6.45, 7) is 5.90. The van der Waals surface area contributed by atoms with Gasteiger partial charge in [-0.1, -0.05) is 6.92 Å². The van der Waals surface area contributed by atoms with Crippen molar-refractivity contribution in [1.82, 2.24) is 19.9 Å². The fourth-order valence-corrected chi connectivity index (χ4v) is 1.81. The molecule has 0 amide bonds. The normalized spacial score (nSPS) is 12.4. The van der Waals surface area contributed by atoms with Gasteiger partial charge in [-0.3, -0.25) is 0 Å². The van der Waals surface area contributed by atoms with E-state index >= 15 is 0 Å². The number of anilines is 2. The van der Waals surface area contributed by atoms with Crippen LogP contribution < -0.4 is 15.8 Å². The number of imidazole rings is 1. The van der Waals surface area contributed by atoms with Gasteiger partial charge < -0.3 is 20.8 Å². The quantitative estimate of drug-likeness (QED) is 0.747. The molecule has 0 aromatic carbocycles. The van der Waals surface area contributed by atoms with Crippen molar-refractivity contribution in [2.45, 2.75) is 39.3 Å². The zero-order chi connectivity index (χ0) is 14.5. The average Bonchev–Trinajstić information content (AvgIpc) is 2.93. The fraction of sp³-hybridized carbons (Fsp3) is 0.462. The summed E-state index contributed by atoms with van der Waals surface area (Å²) in [6.07, 6.45) is 5.79. The van der Waals surface area contributed by atoms with Crippen LogP contribution in [0.15, 0.2) is 18.7 Å². The molecule has 4 N–H and O–H groups in total. The molecule has 0 aliphatic heterocycles. The van der Waals surface area contributed by atoms with E-state index in [0.29, 0.717) is 17.4 Å². The van der Waals surface area contributed by atoms with Crippen molar-refractivity contribution < 1.29 is 4.74 Å². The first-order valence-electron chi connectivity index (χ1n) is 6.64. The lowest BCUT2D eigenvalue weighted by Crippen LogP contribution is -2.16. The van der Waals surface area contributed by atoms with Crippen molar-refractivity contribution >= 4 is 11.5 Å². The molecule has 2 aromatic rings. The summed E-state index contributed by atoms with van der Waals surface area (Å²) < 4.78 is 5.55. The molecule has 0 saturated heterocycles. The molecule has 2 heterocycles. The van der Waals surface area contributed by atoms with Crippen molar-refractivity contribution in [2.75, 3.05) is 11.1 Å². The van der Waals surface area contributed by atoms with Gasteiger partial charge in [0.05, 0.1) is 12.1 Å². The topological polar surface area (TPSA) is 102 Å². The van der Waals surface area contributed by atoms with E-state index in [1.807, 2.05) is 13.8 Å². The van der Waals surface area contributed by atoms with Gasteiger partial charge in [0.25, 0.3) is 0 Å². The molecule has 7 heteroatoms. The first-order valence-corrected chi connectivity index (χ1v) is 6.64. The molecule has 2 rings (SSSR count). The van der Waals surface area contributed by atoms with Crippen LogP contribution in [0.3, 0.4) is 0 Å². The number of nitrogens with one attached hydrogen (secondary N) is 2. The zero-order valence-corrected chi connectivity index (χ0v) is 11.9. The average molecular weight is 276 g/mol. The molecule has 2 aromatic heterocycles. The van der Waals surface area contributed by atoms with Crippen molar-refractivity contribution in [3.8, 4) is 5.88 Å². The molecule has 0 fully saturated rings. The Morgan fingerprint density at radius 3 is 2.75 bits per heavy atom. The number of H-pyrrole nitrogens is 1. The summed E-state index contributed by atoms with van der Waals surface area (Å²) in [6, 6.07) is 0.00843. The van der Waals surface area contributed by atoms with E-state index in [0.717, 1.165) is 12.2 Å². The number of nitrogen functional groups attached to an aromatic ring is 1. The van der Waals surface area contributed by atoms with E-state index < -0.39 is 0 Å². The molecule has 0 radical (unpaired) electrons. The number of nitrogens with two attached hydrogens (primary N) is 1. The van der Waals surface area contributed by atoms with E-state index in [2.05, 4.69) is 32.2 Å². The van der Waals surface area contributed by atoms with Gasteiger partial charge in [0.15, 0.2) is 5.82 Å². The summed E-state index contributed by atoms with van der Waals surface area (Å²) in [5.74, 6) is 1.79. The van der Waals surface area contributed by atoms with Gasteiger partial charge in [0.2, 0.25) is 5.88 Å². The highest BCUT2D eigenvalue weighted by molar-refractivity contribution is 5.66. The Hall–Kier alpha value is -2.31. The number of hydrogen-bond acceptors (Lipinski definition) is 6. The van der Waals surface area contributed by atoms with Gasteiger partial charge in [-0.15, -0.1) is 0 Å². The van der Waals surface area contributed by atoms with Crippen LogP contribution in [-0.2, 0) is 0 Å². The predicted octanol–water partition coefficient (Wildman–Crippen LogP) is 2.13. The van der Waals surface area contributed by atoms with Gasteiger partial charge >= 0.3 is 0 Å². The third-order valence-corrected chi connectivity index (χ3v) is 2.76. The number of hydrogen-bond donors (Lipinski definition) is 3. The minimum absolute atomic E-state index is 0.00657. The van der Waals surface area contributed by atoms with Crippen LogP contribution in [0, 0.1) is 0 Å². The maximum absolute atomic E-state index is 6.04. The smallest absolute Gasteiger partial charge is 0.242 e. The van der Waals surface area contributed by atoms with Gasteiger partial charge in [-0.25, -0.2) is 9.97 Å². The molecule has 108 valence electrons. The van der Waals surface area contributed by atoms with Gasteiger partial charge in [-0.2, -0.15) is 4.98 Å². The zero-order valence-electron chi connectivity index (χ0n) is 11.9. The minimum atomic E-state index is 0.00657. The van der Waals surface area contributed by atoms with Gasteiger partial charge in [-0.05, 0) is 20.3 Å². The SMILES string of the molecule is CCC(Nc1ncnc(OC(C)C)c1N)c1ncc[nH]1. The largest absolute Gasteiger partial charge is 0.473 e. The van der Waals surface area contributed by atoms with Crippen LogP contribution >= 0.6 is 0 Å². The van der Waals surface area contributed by atoms with E-state index in [-0.39, 0.29) is 12.1 Å². The highest BCUT2D eigenvalue weighted by Gasteiger charge is 2.16. The second-order valence-electron chi connectivity index (χ2n) is 4.69. The van der Waals surface area contributed by atoms with Gasteiger partial charge in [0, 0.05) is 12.4 Å². The number of rotatable bonds is 6. The van der Waals surface area contributed by atoms with Crippen molar-refractivity contribution in [3.05, 3.63) is 24.5 Å². The maximum Gasteiger partial charge on any atom is 0.242 e. The molecule has 0 bridgehead atoms. The van der Waals surface area contributed by atoms with Crippen molar-refractivity contribution in [3.63, 3.8) is 0 Å². The summed E-state index contributed by atoms with van der Waals surface area (Å²) in [5.41, 5.74) is 6.45. The van der Waals surface area contributed by atoms with Crippen LogP contribution in [0.4, 0.5) is 11.5 Å². The lowest BCUT2D eigenvalue weighted by Gasteiger charge is -2.18. The molecular formula is C13H20N6O. The van der Waals surface area contributed by atoms with Crippen LogP contribution in [0.5, 0.6) is 5.88 Å². The predicted molar refractivity (Wildman–Crippen MR) is 77.5 cm³/mol. The van der Waals surface area contributed by atoms with Crippen LogP contribution in [0.2, 0.25) is 0 Å². The van der Waals surface area contributed by atoms with Crippen LogP contribution in [0.1, 0.15) is 39.1 Å². The Balaban J connectivity index is 2.20. The lowest BCUT2D eigenvalue weighted by molar-refractivity contribution is 0.234. The number of nitrogens with zero attached hydrogens (tertiary/aromatic N) is 3. The minimum Gasteiger partial charge on any atom is -0.473 e.